The monoisotopic (exact) mass is 253 g/mol. The highest BCUT2D eigenvalue weighted by Crippen LogP contribution is 2.55. The van der Waals surface area contributed by atoms with E-state index in [1.54, 1.807) is 0 Å². The molecule has 0 bridgehead atoms. The van der Waals surface area contributed by atoms with Crippen LogP contribution in [-0.2, 0) is 4.79 Å². The van der Waals surface area contributed by atoms with Gasteiger partial charge in [-0.05, 0) is 61.6 Å². The third kappa shape index (κ3) is 2.18. The summed E-state index contributed by atoms with van der Waals surface area (Å²) in [6.45, 7) is 4.08. The van der Waals surface area contributed by atoms with Gasteiger partial charge in [-0.1, -0.05) is 18.2 Å². The molecule has 0 radical (unpaired) electrons. The van der Waals surface area contributed by atoms with Gasteiger partial charge in [0.1, 0.15) is 5.92 Å². The lowest BCUT2D eigenvalue weighted by atomic mass is 9.85. The van der Waals surface area contributed by atoms with Gasteiger partial charge in [-0.15, -0.1) is 0 Å². The Labute approximate surface area is 114 Å². The predicted molar refractivity (Wildman–Crippen MR) is 73.6 cm³/mol. The van der Waals surface area contributed by atoms with Crippen LogP contribution in [0, 0.1) is 42.9 Å². The van der Waals surface area contributed by atoms with Gasteiger partial charge in [-0.3, -0.25) is 4.79 Å². The van der Waals surface area contributed by atoms with Crippen LogP contribution >= 0.6 is 0 Å². The summed E-state index contributed by atoms with van der Waals surface area (Å²) in [4.78, 5) is 12.5. The number of ketones is 1. The SMILES string of the molecule is Cc1ccc(C(C#N)C(=O)C2CC3CC3C2)cc1C. The second-order valence-electron chi connectivity index (χ2n) is 6.23. The normalized spacial score (nSPS) is 29.4. The molecule has 3 rings (SSSR count). The van der Waals surface area contributed by atoms with Crippen LogP contribution in [0.25, 0.3) is 0 Å². The molecule has 0 heterocycles. The minimum absolute atomic E-state index is 0.134. The minimum Gasteiger partial charge on any atom is -0.298 e. The van der Waals surface area contributed by atoms with Crippen molar-refractivity contribution in [2.24, 2.45) is 17.8 Å². The second-order valence-corrected chi connectivity index (χ2v) is 6.23. The Bertz CT molecular complexity index is 559. The van der Waals surface area contributed by atoms with Gasteiger partial charge in [0.05, 0.1) is 6.07 Å². The van der Waals surface area contributed by atoms with Gasteiger partial charge in [-0.25, -0.2) is 0 Å². The highest BCUT2D eigenvalue weighted by Gasteiger charge is 2.49. The van der Waals surface area contributed by atoms with Crippen molar-refractivity contribution in [1.29, 1.82) is 5.26 Å². The average Bonchev–Trinajstić information content (AvgIpc) is 3.01. The maximum atomic E-state index is 12.5. The maximum absolute atomic E-state index is 12.5. The van der Waals surface area contributed by atoms with Gasteiger partial charge >= 0.3 is 0 Å². The molecular formula is C17H19NO. The first kappa shape index (κ1) is 12.4. The molecule has 2 fully saturated rings. The fourth-order valence-corrected chi connectivity index (χ4v) is 3.43. The number of rotatable bonds is 3. The number of Topliss-reactive ketones (excluding diaryl/α,β-unsaturated/α-hetero) is 1. The lowest BCUT2D eigenvalue weighted by Crippen LogP contribution is -2.20. The van der Waals surface area contributed by atoms with E-state index in [9.17, 15) is 10.1 Å². The van der Waals surface area contributed by atoms with Gasteiger partial charge in [0.15, 0.2) is 5.78 Å². The number of aryl methyl sites for hydroxylation is 2. The Kier molecular flexibility index (Phi) is 2.93. The van der Waals surface area contributed by atoms with E-state index < -0.39 is 5.92 Å². The standard InChI is InChI=1S/C17H19NO/c1-10-3-4-12(5-11(10)2)16(9-18)17(19)15-7-13-6-14(13)8-15/h3-5,13-16H,6-8H2,1-2H3. The highest BCUT2D eigenvalue weighted by atomic mass is 16.1. The van der Waals surface area contributed by atoms with Crippen molar-refractivity contribution in [3.63, 3.8) is 0 Å². The molecule has 1 aromatic rings. The molecule has 2 nitrogen and oxygen atoms in total. The summed E-state index contributed by atoms with van der Waals surface area (Å²) in [6, 6.07) is 8.16. The van der Waals surface area contributed by atoms with Gasteiger partial charge in [0.25, 0.3) is 0 Å². The number of carbonyl (C=O) groups is 1. The summed E-state index contributed by atoms with van der Waals surface area (Å²) in [7, 11) is 0. The molecule has 2 saturated carbocycles. The fraction of sp³-hybridized carbons (Fsp3) is 0.529. The minimum atomic E-state index is -0.568. The molecule has 1 aromatic carbocycles. The first-order chi connectivity index (χ1) is 9.10. The molecule has 0 N–H and O–H groups in total. The number of carbonyl (C=O) groups excluding carboxylic acids is 1. The summed E-state index contributed by atoms with van der Waals surface area (Å²) in [5.41, 5.74) is 3.23. The van der Waals surface area contributed by atoms with Gasteiger partial charge in [-0.2, -0.15) is 5.26 Å². The third-order valence-electron chi connectivity index (χ3n) is 4.92. The van der Waals surface area contributed by atoms with Gasteiger partial charge in [0.2, 0.25) is 0 Å². The third-order valence-corrected chi connectivity index (χ3v) is 4.92. The molecule has 2 heteroatoms. The zero-order chi connectivity index (χ0) is 13.6. The summed E-state index contributed by atoms with van der Waals surface area (Å²) < 4.78 is 0. The van der Waals surface area contributed by atoms with Crippen molar-refractivity contribution in [2.45, 2.75) is 39.0 Å². The van der Waals surface area contributed by atoms with Crippen LogP contribution in [0.2, 0.25) is 0 Å². The van der Waals surface area contributed by atoms with Crippen LogP contribution in [0.1, 0.15) is 41.9 Å². The van der Waals surface area contributed by atoms with E-state index in [0.29, 0.717) is 0 Å². The molecule has 0 aliphatic heterocycles. The first-order valence-corrected chi connectivity index (χ1v) is 7.10. The van der Waals surface area contributed by atoms with Crippen molar-refractivity contribution in [1.82, 2.24) is 0 Å². The molecule has 0 saturated heterocycles. The topological polar surface area (TPSA) is 40.9 Å². The zero-order valence-electron chi connectivity index (χ0n) is 11.5. The van der Waals surface area contributed by atoms with Crippen molar-refractivity contribution >= 4 is 5.78 Å². The number of benzene rings is 1. The van der Waals surface area contributed by atoms with Gasteiger partial charge in [0, 0.05) is 5.92 Å². The van der Waals surface area contributed by atoms with Crippen LogP contribution < -0.4 is 0 Å². The van der Waals surface area contributed by atoms with E-state index in [1.165, 1.54) is 12.0 Å². The fourth-order valence-electron chi connectivity index (χ4n) is 3.43. The van der Waals surface area contributed by atoms with E-state index in [0.717, 1.165) is 35.8 Å². The summed E-state index contributed by atoms with van der Waals surface area (Å²) in [6.07, 6.45) is 3.35. The number of hydrogen-bond acceptors (Lipinski definition) is 2. The number of fused-ring (bicyclic) bond motifs is 1. The van der Waals surface area contributed by atoms with Crippen molar-refractivity contribution in [2.75, 3.05) is 0 Å². The number of nitriles is 1. The van der Waals surface area contributed by atoms with E-state index in [4.69, 9.17) is 0 Å². The first-order valence-electron chi connectivity index (χ1n) is 7.10. The second kappa shape index (κ2) is 4.49. The van der Waals surface area contributed by atoms with E-state index >= 15 is 0 Å². The molecule has 0 amide bonds. The van der Waals surface area contributed by atoms with Crippen LogP contribution in [-0.4, -0.2) is 5.78 Å². The molecule has 0 aromatic heterocycles. The quantitative estimate of drug-likeness (QED) is 0.827. The predicted octanol–water partition coefficient (Wildman–Crippen LogP) is 3.53. The lowest BCUT2D eigenvalue weighted by molar-refractivity contribution is -0.123. The molecule has 3 atom stereocenters. The molecular weight excluding hydrogens is 234 g/mol. The van der Waals surface area contributed by atoms with Crippen LogP contribution in [0.3, 0.4) is 0 Å². The molecule has 19 heavy (non-hydrogen) atoms. The molecule has 98 valence electrons. The van der Waals surface area contributed by atoms with E-state index in [-0.39, 0.29) is 11.7 Å². The van der Waals surface area contributed by atoms with Crippen LogP contribution in [0.4, 0.5) is 0 Å². The molecule has 3 unspecified atom stereocenters. The Balaban J connectivity index is 1.81. The smallest absolute Gasteiger partial charge is 0.157 e. The lowest BCUT2D eigenvalue weighted by Gasteiger charge is -2.16. The Morgan fingerprint density at radius 2 is 1.89 bits per heavy atom. The Hall–Kier alpha value is -1.62. The summed E-state index contributed by atoms with van der Waals surface area (Å²) in [5, 5.41) is 9.38. The van der Waals surface area contributed by atoms with E-state index in [1.807, 2.05) is 32.0 Å². The molecule has 0 spiro atoms. The van der Waals surface area contributed by atoms with Gasteiger partial charge < -0.3 is 0 Å². The average molecular weight is 253 g/mol. The largest absolute Gasteiger partial charge is 0.298 e. The maximum Gasteiger partial charge on any atom is 0.157 e. The molecule has 2 aliphatic rings. The zero-order valence-corrected chi connectivity index (χ0v) is 11.5. The number of hydrogen-bond donors (Lipinski definition) is 0. The summed E-state index contributed by atoms with van der Waals surface area (Å²) >= 11 is 0. The van der Waals surface area contributed by atoms with Crippen LogP contribution in [0.5, 0.6) is 0 Å². The number of nitrogens with zero attached hydrogens (tertiary/aromatic N) is 1. The van der Waals surface area contributed by atoms with Crippen LogP contribution in [0.15, 0.2) is 18.2 Å². The van der Waals surface area contributed by atoms with Crippen molar-refractivity contribution < 1.29 is 4.79 Å². The molecule has 2 aliphatic carbocycles. The van der Waals surface area contributed by atoms with Crippen molar-refractivity contribution in [3.8, 4) is 6.07 Å². The summed E-state index contributed by atoms with van der Waals surface area (Å²) in [5.74, 6) is 1.29. The van der Waals surface area contributed by atoms with Crippen molar-refractivity contribution in [3.05, 3.63) is 34.9 Å². The Morgan fingerprint density at radius 3 is 2.47 bits per heavy atom. The highest BCUT2D eigenvalue weighted by molar-refractivity contribution is 5.90. The van der Waals surface area contributed by atoms with E-state index in [2.05, 4.69) is 6.07 Å². The Morgan fingerprint density at radius 1 is 1.21 bits per heavy atom.